The van der Waals surface area contributed by atoms with Crippen LogP contribution in [0.1, 0.15) is 0 Å². The van der Waals surface area contributed by atoms with Gasteiger partial charge in [0, 0.05) is 23.5 Å². The van der Waals surface area contributed by atoms with Crippen molar-refractivity contribution in [1.82, 2.24) is 19.6 Å². The Balaban J connectivity index is 1.98. The lowest BCUT2D eigenvalue weighted by Gasteiger charge is -2.06. The third-order valence-electron chi connectivity index (χ3n) is 3.75. The molecule has 1 N–H and O–H groups in total. The largest absolute Gasteiger partial charge is 0.313 e. The molecule has 0 bridgehead atoms. The number of nitrogens with zero attached hydrogens (tertiary/aromatic N) is 4. The van der Waals surface area contributed by atoms with Crippen molar-refractivity contribution in [2.45, 2.75) is 0 Å². The molecule has 0 aliphatic carbocycles. The van der Waals surface area contributed by atoms with Crippen molar-refractivity contribution < 1.29 is 9.18 Å². The van der Waals surface area contributed by atoms with E-state index in [0.29, 0.717) is 23.6 Å². The molecule has 0 saturated carbocycles. The summed E-state index contributed by atoms with van der Waals surface area (Å²) in [6.45, 7) is 0. The summed E-state index contributed by atoms with van der Waals surface area (Å²) in [6, 6.07) is 13.3. The monoisotopic (exact) mass is 333 g/mol. The van der Waals surface area contributed by atoms with Crippen LogP contribution < -0.4 is 5.32 Å². The molecule has 0 aliphatic rings. The van der Waals surface area contributed by atoms with Gasteiger partial charge in [-0.1, -0.05) is 0 Å². The van der Waals surface area contributed by atoms with E-state index in [1.807, 2.05) is 6.07 Å². The van der Waals surface area contributed by atoms with Gasteiger partial charge in [0.1, 0.15) is 17.3 Å². The van der Waals surface area contributed by atoms with Crippen molar-refractivity contribution in [3.05, 3.63) is 66.7 Å². The minimum atomic E-state index is -0.312. The van der Waals surface area contributed by atoms with Gasteiger partial charge in [-0.05, 0) is 48.5 Å². The molecule has 4 rings (SSSR count). The molecular formula is C18H12FN5O. The Hall–Kier alpha value is -3.61. The lowest BCUT2D eigenvalue weighted by atomic mass is 10.1. The highest BCUT2D eigenvalue weighted by Gasteiger charge is 2.17. The molecule has 3 aromatic heterocycles. The number of rotatable bonds is 4. The van der Waals surface area contributed by atoms with E-state index >= 15 is 0 Å². The molecule has 0 aliphatic heterocycles. The normalized spacial score (nSPS) is 10.8. The second kappa shape index (κ2) is 6.12. The molecule has 0 spiro atoms. The van der Waals surface area contributed by atoms with Crippen molar-refractivity contribution in [2.75, 3.05) is 5.32 Å². The average molecular weight is 333 g/mol. The molecule has 0 unspecified atom stereocenters. The summed E-state index contributed by atoms with van der Waals surface area (Å²) in [5.41, 5.74) is 3.62. The van der Waals surface area contributed by atoms with Gasteiger partial charge in [0.05, 0.1) is 5.69 Å². The van der Waals surface area contributed by atoms with Crippen LogP contribution in [0.15, 0.2) is 60.9 Å². The SMILES string of the molecule is O=CNc1cc(-c2c(-c3ccc(F)cc3)nc3cccnn23)ccn1. The van der Waals surface area contributed by atoms with Crippen LogP contribution in [0.2, 0.25) is 0 Å². The minimum absolute atomic E-state index is 0.312. The van der Waals surface area contributed by atoms with Gasteiger partial charge in [-0.2, -0.15) is 5.10 Å². The molecule has 1 amide bonds. The maximum Gasteiger partial charge on any atom is 0.212 e. The Kier molecular flexibility index (Phi) is 3.66. The number of nitrogens with one attached hydrogen (secondary N) is 1. The summed E-state index contributed by atoms with van der Waals surface area (Å²) in [7, 11) is 0. The summed E-state index contributed by atoms with van der Waals surface area (Å²) in [4.78, 5) is 19.4. The van der Waals surface area contributed by atoms with E-state index in [2.05, 4.69) is 20.4 Å². The molecule has 122 valence electrons. The molecule has 0 saturated heterocycles. The summed E-state index contributed by atoms with van der Waals surface area (Å²) < 4.78 is 15.0. The van der Waals surface area contributed by atoms with Gasteiger partial charge in [0.15, 0.2) is 5.65 Å². The predicted molar refractivity (Wildman–Crippen MR) is 91.3 cm³/mol. The Morgan fingerprint density at radius 2 is 1.88 bits per heavy atom. The molecule has 0 radical (unpaired) electrons. The highest BCUT2D eigenvalue weighted by Crippen LogP contribution is 2.32. The van der Waals surface area contributed by atoms with Crippen molar-refractivity contribution in [3.8, 4) is 22.5 Å². The maximum absolute atomic E-state index is 13.3. The highest BCUT2D eigenvalue weighted by atomic mass is 19.1. The van der Waals surface area contributed by atoms with Crippen LogP contribution in [-0.4, -0.2) is 26.0 Å². The number of benzene rings is 1. The first-order valence-electron chi connectivity index (χ1n) is 7.52. The average Bonchev–Trinajstić information content (AvgIpc) is 3.02. The molecule has 0 atom stereocenters. The van der Waals surface area contributed by atoms with Crippen LogP contribution in [0.5, 0.6) is 0 Å². The van der Waals surface area contributed by atoms with Crippen molar-refractivity contribution in [1.29, 1.82) is 0 Å². The zero-order valence-corrected chi connectivity index (χ0v) is 12.9. The van der Waals surface area contributed by atoms with Gasteiger partial charge in [-0.3, -0.25) is 4.79 Å². The van der Waals surface area contributed by atoms with Gasteiger partial charge in [-0.15, -0.1) is 0 Å². The molecule has 4 aromatic rings. The van der Waals surface area contributed by atoms with Crippen LogP contribution in [0.4, 0.5) is 10.2 Å². The first-order chi connectivity index (χ1) is 12.3. The first kappa shape index (κ1) is 14.9. The third-order valence-corrected chi connectivity index (χ3v) is 3.75. The topological polar surface area (TPSA) is 72.2 Å². The van der Waals surface area contributed by atoms with E-state index in [9.17, 15) is 9.18 Å². The Labute approximate surface area is 142 Å². The molecular weight excluding hydrogens is 321 g/mol. The summed E-state index contributed by atoms with van der Waals surface area (Å²) in [5.74, 6) is 0.108. The second-order valence-electron chi connectivity index (χ2n) is 5.30. The number of halogens is 1. The van der Waals surface area contributed by atoms with Crippen LogP contribution in [-0.2, 0) is 4.79 Å². The number of hydrogen-bond acceptors (Lipinski definition) is 4. The second-order valence-corrected chi connectivity index (χ2v) is 5.30. The van der Waals surface area contributed by atoms with E-state index in [0.717, 1.165) is 16.8 Å². The van der Waals surface area contributed by atoms with Crippen LogP contribution >= 0.6 is 0 Å². The molecule has 1 aromatic carbocycles. The van der Waals surface area contributed by atoms with Gasteiger partial charge in [0.25, 0.3) is 0 Å². The molecule has 25 heavy (non-hydrogen) atoms. The Morgan fingerprint density at radius 3 is 2.68 bits per heavy atom. The highest BCUT2D eigenvalue weighted by molar-refractivity contribution is 5.83. The summed E-state index contributed by atoms with van der Waals surface area (Å²) >= 11 is 0. The maximum atomic E-state index is 13.3. The van der Waals surface area contributed by atoms with E-state index in [-0.39, 0.29) is 5.82 Å². The Morgan fingerprint density at radius 1 is 1.04 bits per heavy atom. The van der Waals surface area contributed by atoms with Gasteiger partial charge >= 0.3 is 0 Å². The van der Waals surface area contributed by atoms with E-state index in [1.165, 1.54) is 12.1 Å². The van der Waals surface area contributed by atoms with Crippen LogP contribution in [0.3, 0.4) is 0 Å². The number of aromatic nitrogens is 4. The van der Waals surface area contributed by atoms with Crippen LogP contribution in [0, 0.1) is 5.82 Å². The number of amides is 1. The van der Waals surface area contributed by atoms with Crippen molar-refractivity contribution >= 4 is 17.9 Å². The number of carbonyl (C=O) groups excluding carboxylic acids is 1. The van der Waals surface area contributed by atoms with Gasteiger partial charge in [-0.25, -0.2) is 18.9 Å². The van der Waals surface area contributed by atoms with Crippen LogP contribution in [0.25, 0.3) is 28.2 Å². The predicted octanol–water partition coefficient (Wildman–Crippen LogP) is 3.17. The fourth-order valence-corrected chi connectivity index (χ4v) is 2.67. The minimum Gasteiger partial charge on any atom is -0.313 e. The van der Waals surface area contributed by atoms with E-state index < -0.39 is 0 Å². The third kappa shape index (κ3) is 2.72. The summed E-state index contributed by atoms with van der Waals surface area (Å²) in [5, 5.41) is 6.90. The lowest BCUT2D eigenvalue weighted by molar-refractivity contribution is -0.105. The van der Waals surface area contributed by atoms with Gasteiger partial charge < -0.3 is 5.32 Å². The fraction of sp³-hybridized carbons (Fsp3) is 0. The quantitative estimate of drug-likeness (QED) is 0.582. The van der Waals surface area contributed by atoms with Crippen molar-refractivity contribution in [2.24, 2.45) is 0 Å². The van der Waals surface area contributed by atoms with E-state index in [4.69, 9.17) is 0 Å². The number of pyridine rings is 1. The zero-order valence-electron chi connectivity index (χ0n) is 12.9. The fourth-order valence-electron chi connectivity index (χ4n) is 2.67. The van der Waals surface area contributed by atoms with Gasteiger partial charge in [0.2, 0.25) is 6.41 Å². The molecule has 0 fully saturated rings. The molecule has 6 nitrogen and oxygen atoms in total. The number of anilines is 1. The molecule has 7 heteroatoms. The molecule has 3 heterocycles. The number of imidazole rings is 1. The number of carbonyl (C=O) groups is 1. The van der Waals surface area contributed by atoms with E-state index in [1.54, 1.807) is 47.2 Å². The van der Waals surface area contributed by atoms with Crippen molar-refractivity contribution in [3.63, 3.8) is 0 Å². The number of fused-ring (bicyclic) bond motifs is 1. The smallest absolute Gasteiger partial charge is 0.212 e. The lowest BCUT2D eigenvalue weighted by Crippen LogP contribution is -1.98. The standard InChI is InChI=1S/C18H12FN5O/c19-14-5-3-12(4-6-14)17-18(24-16(23-17)2-1-8-22-24)13-7-9-20-15(10-13)21-11-25/h1-11H,(H,20,21,25). The first-order valence-corrected chi connectivity index (χ1v) is 7.52. The zero-order chi connectivity index (χ0) is 17.2. The summed E-state index contributed by atoms with van der Waals surface area (Å²) in [6.07, 6.45) is 3.83. The number of hydrogen-bond donors (Lipinski definition) is 1. The Bertz CT molecular complexity index is 1060.